The molecule has 2 aliphatic rings. The minimum absolute atomic E-state index is 0.103. The number of benzene rings is 2. The van der Waals surface area contributed by atoms with E-state index in [1.54, 1.807) is 0 Å². The molecular formula is C15H16BNO2. The van der Waals surface area contributed by atoms with E-state index in [2.05, 4.69) is 32.0 Å². The molecule has 1 aliphatic carbocycles. The molecule has 1 saturated heterocycles. The first kappa shape index (κ1) is 11.3. The van der Waals surface area contributed by atoms with Crippen molar-refractivity contribution in [2.45, 2.75) is 31.5 Å². The molecule has 0 bridgehead atoms. The molecule has 2 atom stereocenters. The van der Waals surface area contributed by atoms with Gasteiger partial charge in [-0.05, 0) is 42.2 Å². The second-order valence-corrected chi connectivity index (χ2v) is 6.07. The molecule has 3 nitrogen and oxygen atoms in total. The lowest BCUT2D eigenvalue weighted by Crippen LogP contribution is -2.35. The highest BCUT2D eigenvalue weighted by atomic mass is 16.7. The quantitative estimate of drug-likeness (QED) is 0.625. The summed E-state index contributed by atoms with van der Waals surface area (Å²) in [7, 11) is -0.245. The van der Waals surface area contributed by atoms with Crippen LogP contribution in [0.25, 0.3) is 10.8 Å². The van der Waals surface area contributed by atoms with E-state index in [0.717, 1.165) is 28.3 Å². The Hall–Kier alpha value is -1.52. The summed E-state index contributed by atoms with van der Waals surface area (Å²) >= 11 is 0. The lowest BCUT2D eigenvalue weighted by molar-refractivity contribution is 0.187. The first-order valence-electron chi connectivity index (χ1n) is 6.64. The largest absolute Gasteiger partial charge is 0.494 e. The molecule has 1 aliphatic heterocycles. The number of hydrogen-bond donors (Lipinski definition) is 1. The highest BCUT2D eigenvalue weighted by Crippen LogP contribution is 2.58. The molecule has 2 fully saturated rings. The zero-order valence-corrected chi connectivity index (χ0v) is 11.1. The van der Waals surface area contributed by atoms with Crippen LogP contribution in [0.15, 0.2) is 36.4 Å². The number of rotatable bonds is 1. The van der Waals surface area contributed by atoms with Gasteiger partial charge in [-0.1, -0.05) is 24.3 Å². The zero-order chi connectivity index (χ0) is 13.3. The summed E-state index contributed by atoms with van der Waals surface area (Å²) in [6.07, 6.45) is 0.987. The van der Waals surface area contributed by atoms with Crippen LogP contribution in [0.1, 0.15) is 20.3 Å². The van der Waals surface area contributed by atoms with E-state index in [1.807, 2.05) is 18.2 Å². The van der Waals surface area contributed by atoms with Crippen molar-refractivity contribution in [2.75, 3.05) is 5.73 Å². The van der Waals surface area contributed by atoms with Crippen LogP contribution < -0.4 is 11.2 Å². The number of nitrogen functional groups attached to an aromatic ring is 1. The molecule has 2 N–H and O–H groups in total. The van der Waals surface area contributed by atoms with Crippen LogP contribution in [0.3, 0.4) is 0 Å². The van der Waals surface area contributed by atoms with Gasteiger partial charge in [-0.3, -0.25) is 0 Å². The molecule has 4 rings (SSSR count). The molecule has 0 radical (unpaired) electrons. The van der Waals surface area contributed by atoms with Crippen LogP contribution in [-0.2, 0) is 9.31 Å². The molecule has 1 heterocycles. The molecule has 19 heavy (non-hydrogen) atoms. The van der Waals surface area contributed by atoms with Crippen molar-refractivity contribution in [3.05, 3.63) is 36.4 Å². The molecule has 96 valence electrons. The molecule has 2 aromatic carbocycles. The summed E-state index contributed by atoms with van der Waals surface area (Å²) in [5.74, 6) is 0. The van der Waals surface area contributed by atoms with Crippen molar-refractivity contribution < 1.29 is 9.31 Å². The third-order valence-electron chi connectivity index (χ3n) is 4.56. The fourth-order valence-electron chi connectivity index (χ4n) is 2.99. The Bertz CT molecular complexity index is 673. The molecule has 0 aromatic heterocycles. The maximum absolute atomic E-state index is 6.04. The fourth-order valence-corrected chi connectivity index (χ4v) is 2.99. The van der Waals surface area contributed by atoms with Gasteiger partial charge >= 0.3 is 7.12 Å². The topological polar surface area (TPSA) is 44.5 Å². The van der Waals surface area contributed by atoms with E-state index < -0.39 is 0 Å². The van der Waals surface area contributed by atoms with Crippen molar-refractivity contribution in [3.8, 4) is 0 Å². The first-order valence-corrected chi connectivity index (χ1v) is 6.64. The third kappa shape index (κ3) is 1.53. The van der Waals surface area contributed by atoms with Gasteiger partial charge in [0.25, 0.3) is 0 Å². The van der Waals surface area contributed by atoms with Crippen molar-refractivity contribution in [3.63, 3.8) is 0 Å². The van der Waals surface area contributed by atoms with Gasteiger partial charge in [-0.2, -0.15) is 0 Å². The summed E-state index contributed by atoms with van der Waals surface area (Å²) in [6.45, 7) is 4.24. The van der Waals surface area contributed by atoms with Crippen LogP contribution in [-0.4, -0.2) is 18.3 Å². The third-order valence-corrected chi connectivity index (χ3v) is 4.56. The highest BCUT2D eigenvalue weighted by Gasteiger charge is 2.71. The van der Waals surface area contributed by atoms with Gasteiger partial charge < -0.3 is 15.0 Å². The van der Waals surface area contributed by atoms with Gasteiger partial charge in [0.15, 0.2) is 0 Å². The molecule has 0 amide bonds. The number of fused-ring (bicyclic) bond motifs is 2. The Morgan fingerprint density at radius 3 is 2.37 bits per heavy atom. The van der Waals surface area contributed by atoms with Gasteiger partial charge in [0.1, 0.15) is 0 Å². The molecule has 4 heteroatoms. The van der Waals surface area contributed by atoms with Gasteiger partial charge in [0.05, 0.1) is 11.2 Å². The minimum Gasteiger partial charge on any atom is -0.399 e. The van der Waals surface area contributed by atoms with Crippen molar-refractivity contribution in [1.82, 2.24) is 0 Å². The van der Waals surface area contributed by atoms with Crippen LogP contribution in [0.4, 0.5) is 5.69 Å². The molecule has 1 saturated carbocycles. The second-order valence-electron chi connectivity index (χ2n) is 6.07. The Morgan fingerprint density at radius 2 is 1.63 bits per heavy atom. The summed E-state index contributed by atoms with van der Waals surface area (Å²) in [6, 6.07) is 12.2. The van der Waals surface area contributed by atoms with Crippen LogP contribution >= 0.6 is 0 Å². The van der Waals surface area contributed by atoms with Gasteiger partial charge in [-0.15, -0.1) is 0 Å². The summed E-state index contributed by atoms with van der Waals surface area (Å²) in [4.78, 5) is 0. The maximum Gasteiger partial charge on any atom is 0.494 e. The Morgan fingerprint density at radius 1 is 1.00 bits per heavy atom. The van der Waals surface area contributed by atoms with E-state index in [4.69, 9.17) is 15.0 Å². The molecule has 0 spiro atoms. The number of anilines is 1. The zero-order valence-electron chi connectivity index (χ0n) is 11.1. The lowest BCUT2D eigenvalue weighted by Gasteiger charge is -2.12. The van der Waals surface area contributed by atoms with E-state index in [1.165, 1.54) is 0 Å². The van der Waals surface area contributed by atoms with Gasteiger partial charge in [0, 0.05) is 12.1 Å². The minimum atomic E-state index is -0.245. The van der Waals surface area contributed by atoms with Crippen LogP contribution in [0.2, 0.25) is 0 Å². The Labute approximate surface area is 112 Å². The Balaban J connectivity index is 1.71. The predicted octanol–water partition coefficient (Wildman–Crippen LogP) is 2.09. The van der Waals surface area contributed by atoms with Crippen molar-refractivity contribution in [2.24, 2.45) is 0 Å². The maximum atomic E-state index is 6.04. The van der Waals surface area contributed by atoms with Gasteiger partial charge in [-0.25, -0.2) is 0 Å². The Kier molecular flexibility index (Phi) is 1.98. The monoisotopic (exact) mass is 253 g/mol. The molecule has 2 unspecified atom stereocenters. The average Bonchev–Trinajstić information content (AvgIpc) is 2.78. The highest BCUT2D eigenvalue weighted by molar-refractivity contribution is 6.62. The first-order chi connectivity index (χ1) is 8.99. The van der Waals surface area contributed by atoms with E-state index in [-0.39, 0.29) is 18.3 Å². The fraction of sp³-hybridized carbons (Fsp3) is 0.333. The molecule has 2 aromatic rings. The number of hydrogen-bond acceptors (Lipinski definition) is 3. The SMILES string of the molecule is CC12CC1(C)OB(c1ccc3cc(N)ccc3c1)O2. The summed E-state index contributed by atoms with van der Waals surface area (Å²) in [5.41, 5.74) is 7.45. The average molecular weight is 253 g/mol. The van der Waals surface area contributed by atoms with E-state index in [9.17, 15) is 0 Å². The van der Waals surface area contributed by atoms with Crippen LogP contribution in [0.5, 0.6) is 0 Å². The second kappa shape index (κ2) is 3.32. The summed E-state index contributed by atoms with van der Waals surface area (Å²) < 4.78 is 12.1. The van der Waals surface area contributed by atoms with Crippen molar-refractivity contribution >= 4 is 29.0 Å². The standard InChI is InChI=1S/C15H16BNO2/c1-14-9-15(14,2)19-16(18-14)12-5-3-11-8-13(17)6-4-10(11)7-12/h3-8H,9,17H2,1-2H3. The normalized spacial score (nSPS) is 32.6. The molecular weight excluding hydrogens is 237 g/mol. The number of nitrogens with two attached hydrogens (primary N) is 1. The van der Waals surface area contributed by atoms with Crippen LogP contribution in [0, 0.1) is 0 Å². The van der Waals surface area contributed by atoms with E-state index >= 15 is 0 Å². The predicted molar refractivity (Wildman–Crippen MR) is 77.3 cm³/mol. The lowest BCUT2D eigenvalue weighted by atomic mass is 9.78. The van der Waals surface area contributed by atoms with Crippen molar-refractivity contribution in [1.29, 1.82) is 0 Å². The summed E-state index contributed by atoms with van der Waals surface area (Å²) in [5, 5.41) is 2.30. The van der Waals surface area contributed by atoms with E-state index in [0.29, 0.717) is 0 Å². The smallest absolute Gasteiger partial charge is 0.399 e. The van der Waals surface area contributed by atoms with Gasteiger partial charge in [0.2, 0.25) is 0 Å².